The molecule has 0 fully saturated rings. The smallest absolute Gasteiger partial charge is 0.0551 e. The summed E-state index contributed by atoms with van der Waals surface area (Å²) in [6, 6.07) is 10.0. The summed E-state index contributed by atoms with van der Waals surface area (Å²) in [5.41, 5.74) is 11.4. The summed E-state index contributed by atoms with van der Waals surface area (Å²) in [5.74, 6) is 0. The van der Waals surface area contributed by atoms with Gasteiger partial charge in [0.15, 0.2) is 0 Å². The quantitative estimate of drug-likeness (QED) is 0.721. The van der Waals surface area contributed by atoms with Gasteiger partial charge in [0.2, 0.25) is 0 Å². The van der Waals surface area contributed by atoms with Crippen LogP contribution in [0.1, 0.15) is 11.6 Å². The molecule has 1 unspecified atom stereocenters. The van der Waals surface area contributed by atoms with Gasteiger partial charge in [-0.3, -0.25) is 0 Å². The molecule has 15 heavy (non-hydrogen) atoms. The molecule has 2 rings (SSSR count). The molecule has 1 heteroatoms. The molecule has 0 aliphatic heterocycles. The second-order valence-corrected chi connectivity index (χ2v) is 3.41. The van der Waals surface area contributed by atoms with Crippen molar-refractivity contribution in [1.82, 2.24) is 0 Å². The highest BCUT2D eigenvalue weighted by Crippen LogP contribution is 2.20. The third kappa shape index (κ3) is 2.35. The summed E-state index contributed by atoms with van der Waals surface area (Å²) < 4.78 is 0. The summed E-state index contributed by atoms with van der Waals surface area (Å²) in [7, 11) is 0. The van der Waals surface area contributed by atoms with E-state index in [1.807, 2.05) is 60.7 Å². The fourth-order valence-electron chi connectivity index (χ4n) is 1.53. The molecule has 0 saturated carbocycles. The Labute approximate surface area is 89.9 Å². The highest BCUT2D eigenvalue weighted by atomic mass is 14.6. The maximum atomic E-state index is 6.16. The minimum absolute atomic E-state index is 0.0630. The van der Waals surface area contributed by atoms with Gasteiger partial charge in [-0.1, -0.05) is 42.5 Å². The van der Waals surface area contributed by atoms with Gasteiger partial charge >= 0.3 is 0 Å². The van der Waals surface area contributed by atoms with Gasteiger partial charge in [0.05, 0.1) is 6.04 Å². The molecule has 1 atom stereocenters. The van der Waals surface area contributed by atoms with Crippen LogP contribution in [0.2, 0.25) is 0 Å². The Morgan fingerprint density at radius 2 is 1.87 bits per heavy atom. The molecule has 0 radical (unpaired) electrons. The number of hydrogen-bond donors (Lipinski definition) is 1. The third-order valence-corrected chi connectivity index (χ3v) is 2.37. The Morgan fingerprint density at radius 1 is 1.07 bits per heavy atom. The Morgan fingerprint density at radius 3 is 2.67 bits per heavy atom. The van der Waals surface area contributed by atoms with E-state index in [0.29, 0.717) is 0 Å². The number of nitrogens with two attached hydrogens (primary N) is 1. The molecule has 1 aromatic rings. The lowest BCUT2D eigenvalue weighted by molar-refractivity contribution is 0.871. The first-order valence-corrected chi connectivity index (χ1v) is 4.98. The van der Waals surface area contributed by atoms with E-state index in [4.69, 9.17) is 5.73 Å². The minimum atomic E-state index is -0.0630. The van der Waals surface area contributed by atoms with Gasteiger partial charge in [-0.05, 0) is 29.4 Å². The second kappa shape index (κ2) is 4.61. The number of hydrogen-bond acceptors (Lipinski definition) is 1. The molecular formula is C14H13N. The standard InChI is InChI=1S/C14H13N/c15-14(13-10-6-3-7-11-13)12-8-4-1-2-5-9-12/h1,3-11,14H,15H2. The van der Waals surface area contributed by atoms with Crippen LogP contribution < -0.4 is 5.73 Å². The van der Waals surface area contributed by atoms with E-state index >= 15 is 0 Å². The molecule has 1 aliphatic carbocycles. The lowest BCUT2D eigenvalue weighted by Crippen LogP contribution is -2.11. The van der Waals surface area contributed by atoms with E-state index in [1.165, 1.54) is 0 Å². The summed E-state index contributed by atoms with van der Waals surface area (Å²) in [5, 5.41) is 0. The van der Waals surface area contributed by atoms with Crippen LogP contribution >= 0.6 is 0 Å². The average molecular weight is 195 g/mol. The number of allylic oxidation sites excluding steroid dienone is 3. The lowest BCUT2D eigenvalue weighted by atomic mass is 9.99. The zero-order valence-electron chi connectivity index (χ0n) is 8.43. The Hall–Kier alpha value is -1.82. The molecule has 0 amide bonds. The molecule has 74 valence electrons. The fourth-order valence-corrected chi connectivity index (χ4v) is 1.53. The monoisotopic (exact) mass is 195 g/mol. The molecular weight excluding hydrogens is 182 g/mol. The maximum absolute atomic E-state index is 6.16. The number of rotatable bonds is 2. The van der Waals surface area contributed by atoms with Crippen LogP contribution in [0, 0.1) is 0 Å². The predicted octanol–water partition coefficient (Wildman–Crippen LogP) is 2.89. The van der Waals surface area contributed by atoms with Crippen molar-refractivity contribution >= 4 is 0 Å². The predicted molar refractivity (Wildman–Crippen MR) is 63.2 cm³/mol. The summed E-state index contributed by atoms with van der Waals surface area (Å²) >= 11 is 0. The van der Waals surface area contributed by atoms with E-state index in [9.17, 15) is 0 Å². The first kappa shape index (κ1) is 9.72. The topological polar surface area (TPSA) is 26.0 Å². The molecule has 0 bridgehead atoms. The van der Waals surface area contributed by atoms with Crippen LogP contribution in [0.25, 0.3) is 0 Å². The van der Waals surface area contributed by atoms with E-state index in [1.54, 1.807) is 0 Å². The highest BCUT2D eigenvalue weighted by Gasteiger charge is 2.08. The molecule has 0 spiro atoms. The Kier molecular flexibility index (Phi) is 2.99. The van der Waals surface area contributed by atoms with Crippen LogP contribution in [0.3, 0.4) is 0 Å². The van der Waals surface area contributed by atoms with Crippen LogP contribution in [0.4, 0.5) is 0 Å². The summed E-state index contributed by atoms with van der Waals surface area (Å²) in [6.45, 7) is 0. The van der Waals surface area contributed by atoms with Crippen molar-refractivity contribution in [3.8, 4) is 0 Å². The average Bonchev–Trinajstić information content (AvgIpc) is 2.58. The van der Waals surface area contributed by atoms with E-state index in [2.05, 4.69) is 5.73 Å². The van der Waals surface area contributed by atoms with E-state index in [0.717, 1.165) is 11.1 Å². The SMILES string of the molecule is NC(C1=CC=C=CC=C1)c1ccccc1. The lowest BCUT2D eigenvalue weighted by Gasteiger charge is -2.12. The summed E-state index contributed by atoms with van der Waals surface area (Å²) in [6.07, 6.45) is 9.74. The van der Waals surface area contributed by atoms with Gasteiger partial charge in [0.25, 0.3) is 0 Å². The first-order valence-electron chi connectivity index (χ1n) is 4.98. The van der Waals surface area contributed by atoms with Crippen molar-refractivity contribution in [3.05, 3.63) is 77.6 Å². The minimum Gasteiger partial charge on any atom is -0.320 e. The zero-order chi connectivity index (χ0) is 10.5. The molecule has 1 nitrogen and oxygen atoms in total. The Bertz CT molecular complexity index is 445. The largest absolute Gasteiger partial charge is 0.320 e. The molecule has 0 saturated heterocycles. The van der Waals surface area contributed by atoms with E-state index < -0.39 is 0 Å². The van der Waals surface area contributed by atoms with Crippen molar-refractivity contribution in [2.45, 2.75) is 6.04 Å². The van der Waals surface area contributed by atoms with Gasteiger partial charge < -0.3 is 5.73 Å². The van der Waals surface area contributed by atoms with Crippen LogP contribution in [0.5, 0.6) is 0 Å². The molecule has 1 aromatic carbocycles. The normalized spacial score (nSPS) is 15.9. The van der Waals surface area contributed by atoms with Crippen LogP contribution in [0.15, 0.2) is 72.0 Å². The highest BCUT2D eigenvalue weighted by molar-refractivity contribution is 5.38. The van der Waals surface area contributed by atoms with Crippen molar-refractivity contribution < 1.29 is 0 Å². The maximum Gasteiger partial charge on any atom is 0.0551 e. The molecule has 1 aliphatic rings. The van der Waals surface area contributed by atoms with Gasteiger partial charge in [0.1, 0.15) is 0 Å². The summed E-state index contributed by atoms with van der Waals surface area (Å²) in [4.78, 5) is 0. The Balaban J connectivity index is 2.26. The van der Waals surface area contributed by atoms with Crippen molar-refractivity contribution in [3.63, 3.8) is 0 Å². The van der Waals surface area contributed by atoms with Gasteiger partial charge in [0, 0.05) is 0 Å². The second-order valence-electron chi connectivity index (χ2n) is 3.41. The van der Waals surface area contributed by atoms with Crippen molar-refractivity contribution in [1.29, 1.82) is 0 Å². The van der Waals surface area contributed by atoms with Crippen molar-refractivity contribution in [2.24, 2.45) is 5.73 Å². The van der Waals surface area contributed by atoms with Gasteiger partial charge in [-0.2, -0.15) is 0 Å². The van der Waals surface area contributed by atoms with Crippen LogP contribution in [-0.4, -0.2) is 0 Å². The zero-order valence-corrected chi connectivity index (χ0v) is 8.43. The van der Waals surface area contributed by atoms with Crippen LogP contribution in [-0.2, 0) is 0 Å². The van der Waals surface area contributed by atoms with E-state index in [-0.39, 0.29) is 6.04 Å². The van der Waals surface area contributed by atoms with Gasteiger partial charge in [-0.25, -0.2) is 0 Å². The molecule has 0 aromatic heterocycles. The van der Waals surface area contributed by atoms with Gasteiger partial charge in [-0.15, -0.1) is 5.73 Å². The molecule has 0 heterocycles. The van der Waals surface area contributed by atoms with Crippen molar-refractivity contribution in [2.75, 3.05) is 0 Å². The first-order chi connectivity index (χ1) is 7.38. The molecule has 2 N–H and O–H groups in total. The fraction of sp³-hybridized carbons (Fsp3) is 0.0714. The third-order valence-electron chi connectivity index (χ3n) is 2.37. The number of benzene rings is 1.